The molecule has 3 rings (SSSR count). The molecule has 0 fully saturated rings. The quantitative estimate of drug-likeness (QED) is 0.595. The van der Waals surface area contributed by atoms with E-state index in [2.05, 4.69) is 86.6 Å². The highest BCUT2D eigenvalue weighted by atomic mass is 14.1. The average molecular weight is 286 g/mol. The summed E-state index contributed by atoms with van der Waals surface area (Å²) in [7, 11) is 0. The zero-order chi connectivity index (χ0) is 15.4. The molecule has 0 spiro atoms. The van der Waals surface area contributed by atoms with Gasteiger partial charge in [0.05, 0.1) is 0 Å². The van der Waals surface area contributed by atoms with E-state index < -0.39 is 0 Å². The van der Waals surface area contributed by atoms with Crippen LogP contribution >= 0.6 is 0 Å². The van der Waals surface area contributed by atoms with Crippen LogP contribution in [-0.4, -0.2) is 0 Å². The second-order valence-electron chi connectivity index (χ2n) is 6.07. The Kier molecular flexibility index (Phi) is 4.39. The van der Waals surface area contributed by atoms with E-state index in [9.17, 15) is 0 Å². The summed E-state index contributed by atoms with van der Waals surface area (Å²) in [5.74, 6) is 0. The van der Waals surface area contributed by atoms with E-state index in [0.717, 1.165) is 12.8 Å². The minimum atomic E-state index is 1.00. The topological polar surface area (TPSA) is 0 Å². The van der Waals surface area contributed by atoms with Crippen LogP contribution in [0.15, 0.2) is 72.8 Å². The van der Waals surface area contributed by atoms with Crippen LogP contribution in [0, 0.1) is 13.8 Å². The minimum absolute atomic E-state index is 1.00. The Morgan fingerprint density at radius 2 is 1.00 bits per heavy atom. The van der Waals surface area contributed by atoms with E-state index in [0.29, 0.717) is 0 Å². The maximum atomic E-state index is 2.30. The van der Waals surface area contributed by atoms with Gasteiger partial charge >= 0.3 is 0 Å². The molecule has 0 aromatic heterocycles. The molecular formula is C22H22. The zero-order valence-electron chi connectivity index (χ0n) is 13.3. The molecule has 0 aliphatic rings. The van der Waals surface area contributed by atoms with Crippen molar-refractivity contribution in [3.8, 4) is 0 Å². The van der Waals surface area contributed by atoms with E-state index in [1.807, 2.05) is 0 Å². The Morgan fingerprint density at radius 1 is 0.500 bits per heavy atom. The maximum Gasteiger partial charge on any atom is -0.00257 e. The van der Waals surface area contributed by atoms with E-state index in [1.165, 1.54) is 33.4 Å². The summed E-state index contributed by atoms with van der Waals surface area (Å²) in [6.07, 6.45) is 2.01. The lowest BCUT2D eigenvalue weighted by molar-refractivity contribution is 1.14. The molecule has 0 saturated carbocycles. The van der Waals surface area contributed by atoms with Gasteiger partial charge in [-0.15, -0.1) is 0 Å². The fourth-order valence-electron chi connectivity index (χ4n) is 2.76. The third-order valence-electron chi connectivity index (χ3n) is 4.25. The molecular weight excluding hydrogens is 264 g/mol. The van der Waals surface area contributed by atoms with Gasteiger partial charge in [0.1, 0.15) is 0 Å². The average Bonchev–Trinajstić information content (AvgIpc) is 2.54. The van der Waals surface area contributed by atoms with Gasteiger partial charge in [0.15, 0.2) is 0 Å². The predicted octanol–water partition coefficient (Wildman–Crippen LogP) is 5.49. The Hall–Kier alpha value is -2.34. The first-order valence-electron chi connectivity index (χ1n) is 7.88. The Bertz CT molecular complexity index is 737. The molecule has 0 bridgehead atoms. The Labute approximate surface area is 133 Å². The van der Waals surface area contributed by atoms with E-state index >= 15 is 0 Å². The van der Waals surface area contributed by atoms with Crippen LogP contribution in [0.5, 0.6) is 0 Å². The van der Waals surface area contributed by atoms with Gasteiger partial charge in [0.2, 0.25) is 0 Å². The second-order valence-corrected chi connectivity index (χ2v) is 6.07. The number of hydrogen-bond donors (Lipinski definition) is 0. The fourth-order valence-corrected chi connectivity index (χ4v) is 2.76. The van der Waals surface area contributed by atoms with Crippen LogP contribution < -0.4 is 0 Å². The molecule has 3 aromatic rings. The molecule has 0 amide bonds. The number of benzene rings is 3. The van der Waals surface area contributed by atoms with Gasteiger partial charge in [-0.1, -0.05) is 72.8 Å². The summed E-state index contributed by atoms with van der Waals surface area (Å²) in [6.45, 7) is 4.35. The molecule has 0 saturated heterocycles. The standard InChI is InChI=1S/C22H22/c1-17-8-9-22(14-18(17)2)16-21-12-10-20(11-13-21)15-19-6-4-3-5-7-19/h3-14H,15-16H2,1-2H3. The van der Waals surface area contributed by atoms with Crippen molar-refractivity contribution < 1.29 is 0 Å². The Balaban J connectivity index is 1.70. The van der Waals surface area contributed by atoms with Crippen molar-refractivity contribution >= 4 is 0 Å². The third kappa shape index (κ3) is 3.65. The molecule has 0 unspecified atom stereocenters. The summed E-state index contributed by atoms with van der Waals surface area (Å²) in [4.78, 5) is 0. The fraction of sp³-hybridized carbons (Fsp3) is 0.182. The van der Waals surface area contributed by atoms with Gasteiger partial charge in [-0.05, 0) is 60.1 Å². The van der Waals surface area contributed by atoms with Gasteiger partial charge in [0.25, 0.3) is 0 Å². The van der Waals surface area contributed by atoms with Crippen molar-refractivity contribution in [3.05, 3.63) is 106 Å². The summed E-state index contributed by atoms with van der Waals surface area (Å²) >= 11 is 0. The van der Waals surface area contributed by atoms with Crippen LogP contribution in [0.25, 0.3) is 0 Å². The second kappa shape index (κ2) is 6.62. The van der Waals surface area contributed by atoms with E-state index in [-0.39, 0.29) is 0 Å². The minimum Gasteiger partial charge on any atom is -0.0622 e. The van der Waals surface area contributed by atoms with Crippen molar-refractivity contribution in [3.63, 3.8) is 0 Å². The maximum absolute atomic E-state index is 2.30. The van der Waals surface area contributed by atoms with Gasteiger partial charge < -0.3 is 0 Å². The lowest BCUT2D eigenvalue weighted by Crippen LogP contribution is -1.92. The van der Waals surface area contributed by atoms with Crippen molar-refractivity contribution in [2.75, 3.05) is 0 Å². The van der Waals surface area contributed by atoms with Crippen molar-refractivity contribution in [1.29, 1.82) is 0 Å². The zero-order valence-corrected chi connectivity index (χ0v) is 13.3. The van der Waals surface area contributed by atoms with Crippen molar-refractivity contribution in [2.24, 2.45) is 0 Å². The molecule has 0 heteroatoms. The largest absolute Gasteiger partial charge is 0.0622 e. The molecule has 0 radical (unpaired) electrons. The SMILES string of the molecule is Cc1ccc(Cc2ccc(Cc3ccccc3)cc2)cc1C. The van der Waals surface area contributed by atoms with Crippen LogP contribution in [0.2, 0.25) is 0 Å². The summed E-state index contributed by atoms with van der Waals surface area (Å²) in [5.41, 5.74) is 8.23. The first-order chi connectivity index (χ1) is 10.7. The first-order valence-corrected chi connectivity index (χ1v) is 7.88. The molecule has 0 nitrogen and oxygen atoms in total. The summed E-state index contributed by atoms with van der Waals surface area (Å²) in [5, 5.41) is 0. The number of rotatable bonds is 4. The van der Waals surface area contributed by atoms with Crippen LogP contribution in [-0.2, 0) is 12.8 Å². The normalized spacial score (nSPS) is 10.6. The molecule has 0 atom stereocenters. The summed E-state index contributed by atoms with van der Waals surface area (Å²) in [6, 6.07) is 26.4. The molecule has 110 valence electrons. The van der Waals surface area contributed by atoms with Gasteiger partial charge in [-0.25, -0.2) is 0 Å². The number of hydrogen-bond acceptors (Lipinski definition) is 0. The highest BCUT2D eigenvalue weighted by Gasteiger charge is 2.00. The molecule has 22 heavy (non-hydrogen) atoms. The summed E-state index contributed by atoms with van der Waals surface area (Å²) < 4.78 is 0. The van der Waals surface area contributed by atoms with Gasteiger partial charge in [0, 0.05) is 0 Å². The smallest absolute Gasteiger partial charge is 0.00257 e. The van der Waals surface area contributed by atoms with Crippen molar-refractivity contribution in [1.82, 2.24) is 0 Å². The van der Waals surface area contributed by atoms with Crippen LogP contribution in [0.3, 0.4) is 0 Å². The van der Waals surface area contributed by atoms with Gasteiger partial charge in [-0.3, -0.25) is 0 Å². The monoisotopic (exact) mass is 286 g/mol. The third-order valence-corrected chi connectivity index (χ3v) is 4.25. The lowest BCUT2D eigenvalue weighted by Gasteiger charge is -2.07. The van der Waals surface area contributed by atoms with Crippen LogP contribution in [0.1, 0.15) is 33.4 Å². The highest BCUT2D eigenvalue weighted by Crippen LogP contribution is 2.16. The molecule has 0 heterocycles. The first kappa shape index (κ1) is 14.6. The Morgan fingerprint density at radius 3 is 1.59 bits per heavy atom. The molecule has 0 aliphatic carbocycles. The molecule has 0 N–H and O–H groups in total. The predicted molar refractivity (Wildman–Crippen MR) is 94.4 cm³/mol. The molecule has 3 aromatic carbocycles. The van der Waals surface area contributed by atoms with Crippen molar-refractivity contribution in [2.45, 2.75) is 26.7 Å². The van der Waals surface area contributed by atoms with Crippen LogP contribution in [0.4, 0.5) is 0 Å². The van der Waals surface area contributed by atoms with Gasteiger partial charge in [-0.2, -0.15) is 0 Å². The highest BCUT2D eigenvalue weighted by molar-refractivity contribution is 5.35. The molecule has 0 aliphatic heterocycles. The lowest BCUT2D eigenvalue weighted by atomic mass is 9.98. The number of aryl methyl sites for hydroxylation is 2. The van der Waals surface area contributed by atoms with E-state index in [4.69, 9.17) is 0 Å². The van der Waals surface area contributed by atoms with E-state index in [1.54, 1.807) is 0 Å².